The number of hydrogen-bond acceptors (Lipinski definition) is 4. The normalized spacial score (nSPS) is 11.5. The summed E-state index contributed by atoms with van der Waals surface area (Å²) in [7, 11) is 0. The van der Waals surface area contributed by atoms with Crippen LogP contribution in [0.25, 0.3) is 33.7 Å². The van der Waals surface area contributed by atoms with E-state index < -0.39 is 0 Å². The van der Waals surface area contributed by atoms with Gasteiger partial charge in [0.15, 0.2) is 0 Å². The summed E-state index contributed by atoms with van der Waals surface area (Å²) < 4.78 is 10.0. The van der Waals surface area contributed by atoms with Crippen molar-refractivity contribution in [1.29, 1.82) is 0 Å². The number of hydrogen-bond donors (Lipinski definition) is 0. The first-order valence-corrected chi connectivity index (χ1v) is 9.28. The largest absolute Gasteiger partial charge is 0.463 e. The fourth-order valence-corrected chi connectivity index (χ4v) is 3.24. The molecule has 0 aliphatic heterocycles. The SMILES string of the molecule is CCOC(=O)/C=C/c1c2ccccc2c(/C=C/C(=O)OCC)c2ccccc12. The highest BCUT2D eigenvalue weighted by atomic mass is 16.5. The number of carbonyl (C=O) groups is 2. The Labute approximate surface area is 164 Å². The lowest BCUT2D eigenvalue weighted by Gasteiger charge is -2.13. The van der Waals surface area contributed by atoms with Gasteiger partial charge in [0.25, 0.3) is 0 Å². The fraction of sp³-hybridized carbons (Fsp3) is 0.167. The molecule has 4 nitrogen and oxygen atoms in total. The zero-order valence-electron chi connectivity index (χ0n) is 16.0. The molecule has 0 bridgehead atoms. The van der Waals surface area contributed by atoms with E-state index in [9.17, 15) is 9.59 Å². The highest BCUT2D eigenvalue weighted by molar-refractivity contribution is 6.14. The number of esters is 2. The lowest BCUT2D eigenvalue weighted by atomic mass is 9.91. The van der Waals surface area contributed by atoms with Crippen molar-refractivity contribution in [2.45, 2.75) is 13.8 Å². The summed E-state index contributed by atoms with van der Waals surface area (Å²) in [5, 5.41) is 3.96. The quantitative estimate of drug-likeness (QED) is 0.340. The van der Waals surface area contributed by atoms with Gasteiger partial charge in [-0.25, -0.2) is 9.59 Å². The number of ether oxygens (including phenoxy) is 2. The summed E-state index contributed by atoms with van der Waals surface area (Å²) in [6.07, 6.45) is 6.49. The Morgan fingerprint density at radius 1 is 0.679 bits per heavy atom. The van der Waals surface area contributed by atoms with Crippen molar-refractivity contribution in [1.82, 2.24) is 0 Å². The molecule has 0 aliphatic carbocycles. The van der Waals surface area contributed by atoms with Crippen LogP contribution < -0.4 is 0 Å². The zero-order valence-corrected chi connectivity index (χ0v) is 16.0. The first-order chi connectivity index (χ1) is 13.7. The van der Waals surface area contributed by atoms with E-state index >= 15 is 0 Å². The van der Waals surface area contributed by atoms with Gasteiger partial charge >= 0.3 is 11.9 Å². The van der Waals surface area contributed by atoms with E-state index in [1.165, 1.54) is 12.2 Å². The summed E-state index contributed by atoms with van der Waals surface area (Å²) in [5.41, 5.74) is 1.88. The molecule has 0 aliphatic rings. The van der Waals surface area contributed by atoms with Gasteiger partial charge < -0.3 is 9.47 Å². The summed E-state index contributed by atoms with van der Waals surface area (Å²) >= 11 is 0. The third-order valence-corrected chi connectivity index (χ3v) is 4.36. The first kappa shape index (κ1) is 19.4. The monoisotopic (exact) mass is 374 g/mol. The average Bonchev–Trinajstić information content (AvgIpc) is 2.71. The van der Waals surface area contributed by atoms with Crippen LogP contribution in [0.1, 0.15) is 25.0 Å². The molecule has 3 rings (SSSR count). The standard InChI is InChI=1S/C24H22O4/c1-3-27-23(25)15-13-21-17-9-5-7-11-19(17)22(14-16-24(26)28-4-2)20-12-8-6-10-18(20)21/h5-16H,3-4H2,1-2H3/b15-13+,16-14+. The van der Waals surface area contributed by atoms with Gasteiger partial charge in [-0.05, 0) is 58.7 Å². The molecule has 0 spiro atoms. The minimum Gasteiger partial charge on any atom is -0.463 e. The molecule has 0 heterocycles. The van der Waals surface area contributed by atoms with E-state index in [-0.39, 0.29) is 11.9 Å². The number of fused-ring (bicyclic) bond motifs is 2. The van der Waals surface area contributed by atoms with Crippen molar-refractivity contribution in [3.63, 3.8) is 0 Å². The van der Waals surface area contributed by atoms with Gasteiger partial charge in [-0.3, -0.25) is 0 Å². The second kappa shape index (κ2) is 9.00. The molecular formula is C24H22O4. The molecule has 0 unspecified atom stereocenters. The molecule has 28 heavy (non-hydrogen) atoms. The minimum absolute atomic E-state index is 0.336. The average molecular weight is 374 g/mol. The van der Waals surface area contributed by atoms with E-state index in [0.717, 1.165) is 32.7 Å². The fourth-order valence-electron chi connectivity index (χ4n) is 3.24. The van der Waals surface area contributed by atoms with Crippen molar-refractivity contribution >= 4 is 45.6 Å². The highest BCUT2D eigenvalue weighted by Gasteiger charge is 2.11. The number of benzene rings is 3. The molecule has 142 valence electrons. The maximum atomic E-state index is 11.8. The van der Waals surface area contributed by atoms with Gasteiger partial charge in [0.1, 0.15) is 0 Å². The van der Waals surface area contributed by atoms with Gasteiger partial charge in [-0.2, -0.15) is 0 Å². The van der Waals surface area contributed by atoms with E-state index in [1.807, 2.05) is 48.5 Å². The van der Waals surface area contributed by atoms with Crippen molar-refractivity contribution in [2.75, 3.05) is 13.2 Å². The van der Waals surface area contributed by atoms with E-state index in [0.29, 0.717) is 13.2 Å². The summed E-state index contributed by atoms with van der Waals surface area (Å²) in [6, 6.07) is 15.9. The van der Waals surface area contributed by atoms with Crippen molar-refractivity contribution in [3.8, 4) is 0 Å². The Kier molecular flexibility index (Phi) is 6.22. The third-order valence-electron chi connectivity index (χ3n) is 4.36. The van der Waals surface area contributed by atoms with Crippen LogP contribution in [0.15, 0.2) is 60.7 Å². The van der Waals surface area contributed by atoms with Gasteiger partial charge in [0.2, 0.25) is 0 Å². The molecule has 0 saturated heterocycles. The Balaban J connectivity index is 2.24. The van der Waals surface area contributed by atoms with Crippen LogP contribution in [0.3, 0.4) is 0 Å². The van der Waals surface area contributed by atoms with Crippen LogP contribution in [-0.4, -0.2) is 25.2 Å². The Morgan fingerprint density at radius 3 is 1.29 bits per heavy atom. The van der Waals surface area contributed by atoms with Crippen molar-refractivity contribution in [3.05, 3.63) is 71.8 Å². The topological polar surface area (TPSA) is 52.6 Å². The van der Waals surface area contributed by atoms with Crippen LogP contribution in [0.2, 0.25) is 0 Å². The van der Waals surface area contributed by atoms with Gasteiger partial charge in [0, 0.05) is 12.2 Å². The summed E-state index contributed by atoms with van der Waals surface area (Å²) in [6.45, 7) is 4.23. The molecule has 0 fully saturated rings. The second-order valence-electron chi connectivity index (χ2n) is 6.09. The molecule has 3 aromatic carbocycles. The van der Waals surface area contributed by atoms with E-state index in [2.05, 4.69) is 0 Å². The van der Waals surface area contributed by atoms with Crippen molar-refractivity contribution in [2.24, 2.45) is 0 Å². The number of carbonyl (C=O) groups excluding carboxylic acids is 2. The Hall–Kier alpha value is -3.40. The number of rotatable bonds is 6. The Morgan fingerprint density at radius 2 is 1.00 bits per heavy atom. The third kappa shape index (κ3) is 4.12. The van der Waals surface area contributed by atoms with Gasteiger partial charge in [-0.15, -0.1) is 0 Å². The van der Waals surface area contributed by atoms with E-state index in [4.69, 9.17) is 9.47 Å². The predicted molar refractivity (Wildman–Crippen MR) is 113 cm³/mol. The van der Waals surface area contributed by atoms with Crippen LogP contribution >= 0.6 is 0 Å². The second-order valence-corrected chi connectivity index (χ2v) is 6.09. The summed E-state index contributed by atoms with van der Waals surface area (Å²) in [5.74, 6) is -0.746. The molecule has 3 aromatic rings. The van der Waals surface area contributed by atoms with Crippen molar-refractivity contribution < 1.29 is 19.1 Å². The maximum Gasteiger partial charge on any atom is 0.330 e. The summed E-state index contributed by atoms with van der Waals surface area (Å²) in [4.78, 5) is 23.6. The molecule has 0 atom stereocenters. The molecular weight excluding hydrogens is 352 g/mol. The van der Waals surface area contributed by atoms with Crippen LogP contribution in [-0.2, 0) is 19.1 Å². The first-order valence-electron chi connectivity index (χ1n) is 9.28. The molecule has 0 N–H and O–H groups in total. The lowest BCUT2D eigenvalue weighted by Crippen LogP contribution is -1.99. The lowest BCUT2D eigenvalue weighted by molar-refractivity contribution is -0.138. The van der Waals surface area contributed by atoms with E-state index in [1.54, 1.807) is 26.0 Å². The molecule has 0 saturated carbocycles. The predicted octanol–water partition coefficient (Wildman–Crippen LogP) is 5.15. The molecule has 0 radical (unpaired) electrons. The smallest absolute Gasteiger partial charge is 0.330 e. The Bertz CT molecular complexity index is 934. The van der Waals surface area contributed by atoms with Crippen LogP contribution in [0.5, 0.6) is 0 Å². The highest BCUT2D eigenvalue weighted by Crippen LogP contribution is 2.34. The maximum absolute atomic E-state index is 11.8. The molecule has 0 aromatic heterocycles. The minimum atomic E-state index is -0.373. The molecule has 4 heteroatoms. The van der Waals surface area contributed by atoms with Gasteiger partial charge in [0.05, 0.1) is 13.2 Å². The van der Waals surface area contributed by atoms with Crippen LogP contribution in [0.4, 0.5) is 0 Å². The zero-order chi connectivity index (χ0) is 19.9. The van der Waals surface area contributed by atoms with Crippen LogP contribution in [0, 0.1) is 0 Å². The molecule has 0 amide bonds. The van der Waals surface area contributed by atoms with Gasteiger partial charge in [-0.1, -0.05) is 48.5 Å².